The number of ketones is 4. The molecule has 6 N–H and O–H groups in total. The molecule has 0 aromatic heterocycles. The van der Waals surface area contributed by atoms with Crippen molar-refractivity contribution in [3.8, 4) is 11.5 Å². The van der Waals surface area contributed by atoms with Gasteiger partial charge in [-0.05, 0) is 126 Å². The number of hydrogen-bond donors (Lipinski definition) is 5. The summed E-state index contributed by atoms with van der Waals surface area (Å²) in [5.41, 5.74) is 7.53. The summed E-state index contributed by atoms with van der Waals surface area (Å²) in [5, 5.41) is 16.9. The molecule has 4 heterocycles. The van der Waals surface area contributed by atoms with Crippen molar-refractivity contribution in [2.75, 3.05) is 40.6 Å². The second-order valence-electron chi connectivity index (χ2n) is 21.5. The number of nitrogens with two attached hydrogens (primary N) is 1. The summed E-state index contributed by atoms with van der Waals surface area (Å²) in [6.07, 6.45) is 3.07. The minimum atomic E-state index is -0.921. The van der Waals surface area contributed by atoms with Crippen molar-refractivity contribution in [2.45, 2.75) is 139 Å². The van der Waals surface area contributed by atoms with Crippen LogP contribution in [0.25, 0.3) is 0 Å². The Morgan fingerprint density at radius 1 is 0.568 bits per heavy atom. The summed E-state index contributed by atoms with van der Waals surface area (Å²) in [7, 11) is 3.16. The fraction of sp³-hybridized carbons (Fsp3) is 0.484. The third-order valence-corrected chi connectivity index (χ3v) is 14.7. The zero-order chi connectivity index (χ0) is 58.7. The van der Waals surface area contributed by atoms with Crippen molar-refractivity contribution in [1.29, 1.82) is 0 Å². The van der Waals surface area contributed by atoms with E-state index in [1.165, 1.54) is 0 Å². The molecule has 4 saturated heterocycles. The first kappa shape index (κ1) is 63.0. The number of rotatable bonds is 27. The maximum atomic E-state index is 13.7. The average Bonchev–Trinajstić information content (AvgIpc) is 4.38. The Morgan fingerprint density at radius 3 is 1.28 bits per heavy atom. The Hall–Kier alpha value is -7.16. The molecule has 0 spiro atoms. The molecular weight excluding hydrogens is 1040 g/mol. The summed E-state index contributed by atoms with van der Waals surface area (Å²) in [4.78, 5) is 102. The number of benzene rings is 4. The SMILES string of the molecule is COc1ccc(C[C@H](CC(=O)[C@H](C)N)C(=O)N[C@@H](Cc2ccccc2)C(=O)[C@@]2(C)CO2)cc1.COc1ccc(C[C@H](CC(=O)[C@H](C)NC(=O)[C@H]2CCCO2)C(=O)N[C@@H](Cc2ccccc2)C(=O)[C@@]2(C)CO2)cc1.O=C(O)[C@H]1CCCO1. The van der Waals surface area contributed by atoms with E-state index in [-0.39, 0.29) is 54.2 Å². The zero-order valence-electron chi connectivity index (χ0n) is 47.2. The topological polar surface area (TPSA) is 281 Å². The van der Waals surface area contributed by atoms with Gasteiger partial charge in [-0.3, -0.25) is 33.6 Å². The first-order valence-corrected chi connectivity index (χ1v) is 27.6. The van der Waals surface area contributed by atoms with Crippen LogP contribution in [0.5, 0.6) is 11.5 Å². The first-order valence-electron chi connectivity index (χ1n) is 27.6. The van der Waals surface area contributed by atoms with Crippen molar-refractivity contribution >= 4 is 46.8 Å². The lowest BCUT2D eigenvalue weighted by molar-refractivity contribution is -0.147. The molecule has 4 aliphatic heterocycles. The lowest BCUT2D eigenvalue weighted by atomic mass is 9.89. The molecule has 0 radical (unpaired) electrons. The summed E-state index contributed by atoms with van der Waals surface area (Å²) in [6.45, 7) is 8.45. The van der Waals surface area contributed by atoms with Crippen LogP contribution in [0.4, 0.5) is 0 Å². The minimum absolute atomic E-state index is 0.00442. The molecule has 3 amide bonds. The number of Topliss-reactive ketones (excluding diaryl/α,β-unsaturated/α-hetero) is 4. The minimum Gasteiger partial charge on any atom is -0.497 e. The van der Waals surface area contributed by atoms with Gasteiger partial charge in [-0.15, -0.1) is 0 Å². The normalized spacial score (nSPS) is 21.7. The van der Waals surface area contributed by atoms with Crippen molar-refractivity contribution in [1.82, 2.24) is 16.0 Å². The lowest BCUT2D eigenvalue weighted by Crippen LogP contribution is -2.50. The summed E-state index contributed by atoms with van der Waals surface area (Å²) < 4.78 is 31.4. The highest BCUT2D eigenvalue weighted by Gasteiger charge is 2.51. The third-order valence-electron chi connectivity index (χ3n) is 14.7. The molecule has 436 valence electrons. The molecule has 8 rings (SSSR count). The molecular formula is C62H78N4O15. The van der Waals surface area contributed by atoms with Crippen molar-refractivity contribution < 1.29 is 71.9 Å². The van der Waals surface area contributed by atoms with E-state index < -0.39 is 71.3 Å². The molecule has 81 heavy (non-hydrogen) atoms. The highest BCUT2D eigenvalue weighted by atomic mass is 16.6. The van der Waals surface area contributed by atoms with E-state index in [2.05, 4.69) is 16.0 Å². The van der Waals surface area contributed by atoms with Crippen LogP contribution in [0, 0.1) is 11.8 Å². The Morgan fingerprint density at radius 2 is 0.951 bits per heavy atom. The van der Waals surface area contributed by atoms with Gasteiger partial charge in [0.2, 0.25) is 17.7 Å². The van der Waals surface area contributed by atoms with Crippen LogP contribution in [0.2, 0.25) is 0 Å². The number of nitrogens with one attached hydrogen (secondary N) is 3. The summed E-state index contributed by atoms with van der Waals surface area (Å²) >= 11 is 0. The fourth-order valence-corrected chi connectivity index (χ4v) is 9.33. The van der Waals surface area contributed by atoms with E-state index in [1.807, 2.05) is 97.1 Å². The van der Waals surface area contributed by atoms with Gasteiger partial charge in [0.25, 0.3) is 0 Å². The highest BCUT2D eigenvalue weighted by molar-refractivity contribution is 5.99. The van der Waals surface area contributed by atoms with Gasteiger partial charge in [0.1, 0.15) is 34.6 Å². The van der Waals surface area contributed by atoms with Gasteiger partial charge in [0, 0.05) is 37.9 Å². The van der Waals surface area contributed by atoms with Gasteiger partial charge in [-0.2, -0.15) is 0 Å². The summed E-state index contributed by atoms with van der Waals surface area (Å²) in [6, 6.07) is 30.6. The second kappa shape index (κ2) is 30.1. The number of carbonyl (C=O) groups is 8. The van der Waals surface area contributed by atoms with Crippen LogP contribution >= 0.6 is 0 Å². The van der Waals surface area contributed by atoms with Crippen LogP contribution < -0.4 is 31.2 Å². The molecule has 19 heteroatoms. The van der Waals surface area contributed by atoms with E-state index >= 15 is 0 Å². The van der Waals surface area contributed by atoms with Crippen LogP contribution in [0.15, 0.2) is 109 Å². The smallest absolute Gasteiger partial charge is 0.332 e. The number of carbonyl (C=O) groups excluding carboxylic acids is 7. The average molecular weight is 1120 g/mol. The van der Waals surface area contributed by atoms with Crippen molar-refractivity contribution in [3.63, 3.8) is 0 Å². The molecule has 0 unspecified atom stereocenters. The molecule has 0 saturated carbocycles. The van der Waals surface area contributed by atoms with E-state index in [0.717, 1.165) is 35.1 Å². The Bertz CT molecular complexity index is 2740. The number of hydrogen-bond acceptors (Lipinski definition) is 15. The number of amides is 3. The lowest BCUT2D eigenvalue weighted by Gasteiger charge is -2.24. The molecule has 0 aliphatic carbocycles. The van der Waals surface area contributed by atoms with E-state index in [9.17, 15) is 38.4 Å². The number of carboxylic acid groups (broad SMARTS) is 1. The van der Waals surface area contributed by atoms with Gasteiger partial charge in [-0.25, -0.2) is 4.79 Å². The predicted molar refractivity (Wildman–Crippen MR) is 299 cm³/mol. The number of aliphatic carboxylic acids is 1. The van der Waals surface area contributed by atoms with Gasteiger partial charge in [0.05, 0.1) is 51.6 Å². The number of methoxy groups -OCH3 is 2. The largest absolute Gasteiger partial charge is 0.497 e. The van der Waals surface area contributed by atoms with Crippen molar-refractivity contribution in [2.24, 2.45) is 17.6 Å². The standard InChI is InChI=1S/C31H38N2O7.C26H32N2O5.C5H8O3/c1-20(32-30(37)27-10-7-15-39-27)26(34)18-23(16-22-11-13-24(38-3)14-12-22)29(36)33-25(28(35)31(2)19-40-31)17-21-8-5-4-6-9-21;1-17(27)23(29)15-20(13-19-9-11-21(32-3)12-10-19)25(31)28-22(24(30)26(2)16-33-26)14-18-7-5-4-6-8-18;6-5(7)4-2-1-3-8-4/h4-6,8-9,11-14,20,23,25,27H,7,10,15-19H2,1-3H3,(H,32,37)(H,33,36);4-12,17,20,22H,13-16,27H2,1-3H3,(H,28,31);4H,1-3H2,(H,6,7)/t20-,23+,25-,27+,31+;17-,20+,22-,26+;4-/m001/s1. The molecule has 4 aromatic rings. The van der Waals surface area contributed by atoms with Crippen molar-refractivity contribution in [3.05, 3.63) is 131 Å². The Labute approximate surface area is 473 Å². The monoisotopic (exact) mass is 1120 g/mol. The number of carboxylic acids is 1. The molecule has 4 aromatic carbocycles. The highest BCUT2D eigenvalue weighted by Crippen LogP contribution is 2.31. The fourth-order valence-electron chi connectivity index (χ4n) is 9.33. The van der Waals surface area contributed by atoms with Gasteiger partial charge < -0.3 is 55.2 Å². The maximum absolute atomic E-state index is 13.7. The van der Waals surface area contributed by atoms with Gasteiger partial charge in [-0.1, -0.05) is 84.9 Å². The molecule has 0 bridgehead atoms. The summed E-state index contributed by atoms with van der Waals surface area (Å²) in [5.74, 6) is -2.77. The van der Waals surface area contributed by atoms with Crippen LogP contribution in [-0.4, -0.2) is 140 Å². The Balaban J connectivity index is 0.000000232. The van der Waals surface area contributed by atoms with Gasteiger partial charge >= 0.3 is 5.97 Å². The maximum Gasteiger partial charge on any atom is 0.332 e. The quantitative estimate of drug-likeness (QED) is 0.0487. The van der Waals surface area contributed by atoms with E-state index in [4.69, 9.17) is 39.3 Å². The van der Waals surface area contributed by atoms with Crippen LogP contribution in [-0.2, 0) is 83.0 Å². The van der Waals surface area contributed by atoms with E-state index in [0.29, 0.717) is 70.0 Å². The third kappa shape index (κ3) is 19.5. The van der Waals surface area contributed by atoms with Crippen LogP contribution in [0.3, 0.4) is 0 Å². The Kier molecular flexibility index (Phi) is 23.4. The van der Waals surface area contributed by atoms with Crippen LogP contribution in [0.1, 0.15) is 88.5 Å². The van der Waals surface area contributed by atoms with E-state index in [1.54, 1.807) is 54.0 Å². The number of epoxide rings is 2. The molecule has 4 fully saturated rings. The molecule has 4 aliphatic rings. The first-order chi connectivity index (χ1) is 38.7. The molecule has 10 atom stereocenters. The predicted octanol–water partition coefficient (Wildman–Crippen LogP) is 5.08. The number of ether oxygens (including phenoxy) is 6. The molecule has 19 nitrogen and oxygen atoms in total. The second-order valence-corrected chi connectivity index (χ2v) is 21.5. The van der Waals surface area contributed by atoms with Gasteiger partial charge in [0.15, 0.2) is 23.5 Å². The zero-order valence-corrected chi connectivity index (χ0v) is 47.2.